The molecular weight excluding hydrogens is 246 g/mol. The molecule has 0 aliphatic carbocycles. The van der Waals surface area contributed by atoms with Crippen LogP contribution in [0.2, 0.25) is 0 Å². The molecule has 1 aromatic heterocycles. The maximum Gasteiger partial charge on any atom is 0.303 e. The van der Waals surface area contributed by atoms with E-state index in [1.165, 1.54) is 11.3 Å². The summed E-state index contributed by atoms with van der Waals surface area (Å²) in [5.41, 5.74) is 5.79. The molecule has 0 atom stereocenters. The van der Waals surface area contributed by atoms with Crippen LogP contribution in [0, 0.1) is 0 Å². The van der Waals surface area contributed by atoms with Crippen LogP contribution in [0.25, 0.3) is 0 Å². The Labute approximate surface area is 101 Å². The maximum absolute atomic E-state index is 10.7. The molecule has 8 heteroatoms. The van der Waals surface area contributed by atoms with Gasteiger partial charge in [0.05, 0.1) is 0 Å². The highest BCUT2D eigenvalue weighted by atomic mass is 32.1. The SMILES string of the molecule is Nc1nc(/C(C=O)=N\OCCCC(=O)O)cs1. The molecule has 0 spiro atoms. The standard InChI is InChI=1S/C9H11N3O4S/c10-9-11-7(5-17-9)6(4-13)12-16-3-1-2-8(14)15/h4-5H,1-3H2,(H2,10,11)(H,14,15)/b12-6-. The number of nitrogen functional groups attached to an aromatic ring is 1. The predicted octanol–water partition coefficient (Wildman–Crippen LogP) is 0.510. The van der Waals surface area contributed by atoms with E-state index in [-0.39, 0.29) is 18.7 Å². The molecule has 1 rings (SSSR count). The minimum Gasteiger partial charge on any atom is -0.481 e. The molecule has 92 valence electrons. The minimum atomic E-state index is -0.902. The topological polar surface area (TPSA) is 115 Å². The number of aldehydes is 1. The molecule has 17 heavy (non-hydrogen) atoms. The minimum absolute atomic E-state index is 0.00437. The van der Waals surface area contributed by atoms with Crippen LogP contribution in [0.4, 0.5) is 5.13 Å². The van der Waals surface area contributed by atoms with Crippen LogP contribution < -0.4 is 5.73 Å². The van der Waals surface area contributed by atoms with Gasteiger partial charge in [-0.3, -0.25) is 9.59 Å². The van der Waals surface area contributed by atoms with Gasteiger partial charge in [0.15, 0.2) is 17.1 Å². The van der Waals surface area contributed by atoms with Gasteiger partial charge in [0.25, 0.3) is 0 Å². The van der Waals surface area contributed by atoms with E-state index >= 15 is 0 Å². The van der Waals surface area contributed by atoms with Gasteiger partial charge in [0, 0.05) is 11.8 Å². The quantitative estimate of drug-likeness (QED) is 0.318. The number of hydrogen-bond acceptors (Lipinski definition) is 7. The Morgan fingerprint density at radius 3 is 3.00 bits per heavy atom. The smallest absolute Gasteiger partial charge is 0.303 e. The fourth-order valence-corrected chi connectivity index (χ4v) is 1.49. The number of nitrogens with zero attached hydrogens (tertiary/aromatic N) is 2. The summed E-state index contributed by atoms with van der Waals surface area (Å²) in [5, 5.41) is 13.9. The summed E-state index contributed by atoms with van der Waals surface area (Å²) >= 11 is 1.19. The lowest BCUT2D eigenvalue weighted by Gasteiger charge is -1.98. The Balaban J connectivity index is 2.45. The normalized spacial score (nSPS) is 11.2. The molecule has 0 saturated carbocycles. The molecule has 1 heterocycles. The summed E-state index contributed by atoms with van der Waals surface area (Å²) < 4.78 is 0. The third-order valence-corrected chi connectivity index (χ3v) is 2.36. The largest absolute Gasteiger partial charge is 0.481 e. The second-order valence-corrected chi connectivity index (χ2v) is 3.89. The Bertz CT molecular complexity index is 430. The van der Waals surface area contributed by atoms with Crippen LogP contribution in [0.5, 0.6) is 0 Å². The number of anilines is 1. The molecule has 0 aliphatic rings. The first-order chi connectivity index (χ1) is 8.13. The van der Waals surface area contributed by atoms with Crippen molar-refractivity contribution >= 4 is 34.4 Å². The number of carboxylic acid groups (broad SMARTS) is 1. The van der Waals surface area contributed by atoms with Crippen molar-refractivity contribution in [2.45, 2.75) is 12.8 Å². The number of aliphatic carboxylic acids is 1. The molecule has 3 N–H and O–H groups in total. The number of thiazole rings is 1. The second kappa shape index (κ2) is 6.59. The zero-order chi connectivity index (χ0) is 12.7. The Kier molecular flexibility index (Phi) is 5.08. The first kappa shape index (κ1) is 13.1. The monoisotopic (exact) mass is 257 g/mol. The van der Waals surface area contributed by atoms with Crippen LogP contribution >= 0.6 is 11.3 Å². The highest BCUT2D eigenvalue weighted by Crippen LogP contribution is 2.11. The van der Waals surface area contributed by atoms with E-state index in [0.717, 1.165) is 0 Å². The highest BCUT2D eigenvalue weighted by molar-refractivity contribution is 7.13. The number of aromatic nitrogens is 1. The van der Waals surface area contributed by atoms with Gasteiger partial charge in [-0.25, -0.2) is 4.98 Å². The van der Waals surface area contributed by atoms with E-state index in [4.69, 9.17) is 15.7 Å². The van der Waals surface area contributed by atoms with Crippen molar-refractivity contribution in [3.63, 3.8) is 0 Å². The Hall–Kier alpha value is -1.96. The number of rotatable bonds is 7. The predicted molar refractivity (Wildman–Crippen MR) is 61.9 cm³/mol. The third kappa shape index (κ3) is 4.60. The summed E-state index contributed by atoms with van der Waals surface area (Å²) in [7, 11) is 0. The second-order valence-electron chi connectivity index (χ2n) is 3.00. The number of carbonyl (C=O) groups is 2. The van der Waals surface area contributed by atoms with Crippen molar-refractivity contribution in [3.05, 3.63) is 11.1 Å². The van der Waals surface area contributed by atoms with Gasteiger partial charge in [-0.1, -0.05) is 5.16 Å². The van der Waals surface area contributed by atoms with Crippen molar-refractivity contribution in [1.29, 1.82) is 0 Å². The molecule has 0 saturated heterocycles. The zero-order valence-corrected chi connectivity index (χ0v) is 9.64. The molecule has 0 aliphatic heterocycles. The van der Waals surface area contributed by atoms with E-state index < -0.39 is 5.97 Å². The number of carbonyl (C=O) groups excluding carboxylic acids is 1. The van der Waals surface area contributed by atoms with E-state index in [0.29, 0.717) is 23.5 Å². The van der Waals surface area contributed by atoms with Crippen LogP contribution in [0.3, 0.4) is 0 Å². The fraction of sp³-hybridized carbons (Fsp3) is 0.333. The summed E-state index contributed by atoms with van der Waals surface area (Å²) in [5.74, 6) is -0.902. The van der Waals surface area contributed by atoms with E-state index in [9.17, 15) is 9.59 Å². The van der Waals surface area contributed by atoms with Crippen LogP contribution in [-0.4, -0.2) is 34.7 Å². The molecule has 0 fully saturated rings. The van der Waals surface area contributed by atoms with Gasteiger partial charge in [-0.05, 0) is 6.42 Å². The van der Waals surface area contributed by atoms with Gasteiger partial charge >= 0.3 is 5.97 Å². The first-order valence-corrected chi connectivity index (χ1v) is 5.59. The fourth-order valence-electron chi connectivity index (χ4n) is 0.937. The Morgan fingerprint density at radius 2 is 2.47 bits per heavy atom. The van der Waals surface area contributed by atoms with Crippen LogP contribution in [-0.2, 0) is 14.4 Å². The van der Waals surface area contributed by atoms with Gasteiger partial charge in [0.2, 0.25) is 0 Å². The van der Waals surface area contributed by atoms with E-state index in [1.54, 1.807) is 5.38 Å². The summed E-state index contributed by atoms with van der Waals surface area (Å²) in [6, 6.07) is 0. The van der Waals surface area contributed by atoms with Gasteiger partial charge < -0.3 is 15.7 Å². The van der Waals surface area contributed by atoms with Crippen LogP contribution in [0.1, 0.15) is 18.5 Å². The summed E-state index contributed by atoms with van der Waals surface area (Å²) in [4.78, 5) is 29.6. The van der Waals surface area contributed by atoms with Crippen molar-refractivity contribution in [2.75, 3.05) is 12.3 Å². The molecule has 0 amide bonds. The zero-order valence-electron chi connectivity index (χ0n) is 8.83. The van der Waals surface area contributed by atoms with Crippen molar-refractivity contribution in [3.8, 4) is 0 Å². The summed E-state index contributed by atoms with van der Waals surface area (Å²) in [6.45, 7) is 0.128. The number of oxime groups is 1. The lowest BCUT2D eigenvalue weighted by molar-refractivity contribution is -0.137. The molecule has 1 aromatic rings. The average molecular weight is 257 g/mol. The Morgan fingerprint density at radius 1 is 1.71 bits per heavy atom. The van der Waals surface area contributed by atoms with Crippen molar-refractivity contribution in [1.82, 2.24) is 4.98 Å². The molecule has 0 bridgehead atoms. The lowest BCUT2D eigenvalue weighted by atomic mass is 10.3. The van der Waals surface area contributed by atoms with Crippen LogP contribution in [0.15, 0.2) is 10.5 Å². The molecule has 0 radical (unpaired) electrons. The van der Waals surface area contributed by atoms with Gasteiger partial charge in [0.1, 0.15) is 12.3 Å². The lowest BCUT2D eigenvalue weighted by Crippen LogP contribution is -2.05. The number of carboxylic acids is 1. The summed E-state index contributed by atoms with van der Waals surface area (Å²) in [6.07, 6.45) is 0.825. The number of nitrogens with two attached hydrogens (primary N) is 1. The molecule has 0 aromatic carbocycles. The molecule has 0 unspecified atom stereocenters. The first-order valence-electron chi connectivity index (χ1n) is 4.71. The molecule has 7 nitrogen and oxygen atoms in total. The number of hydrogen-bond donors (Lipinski definition) is 2. The average Bonchev–Trinajstić information content (AvgIpc) is 2.70. The maximum atomic E-state index is 10.7. The van der Waals surface area contributed by atoms with Gasteiger partial charge in [-0.15, -0.1) is 11.3 Å². The van der Waals surface area contributed by atoms with Crippen molar-refractivity contribution < 1.29 is 19.5 Å². The van der Waals surface area contributed by atoms with Gasteiger partial charge in [-0.2, -0.15) is 0 Å². The van der Waals surface area contributed by atoms with Crippen molar-refractivity contribution in [2.24, 2.45) is 5.16 Å². The highest BCUT2D eigenvalue weighted by Gasteiger charge is 2.07. The van der Waals surface area contributed by atoms with E-state index in [2.05, 4.69) is 10.1 Å². The molecular formula is C9H11N3O4S. The third-order valence-electron chi connectivity index (χ3n) is 1.69. The van der Waals surface area contributed by atoms with E-state index in [1.807, 2.05) is 0 Å².